The van der Waals surface area contributed by atoms with Gasteiger partial charge in [0.1, 0.15) is 18.0 Å². The molecule has 0 fully saturated rings. The van der Waals surface area contributed by atoms with E-state index in [9.17, 15) is 8.78 Å². The molecule has 1 heterocycles. The summed E-state index contributed by atoms with van der Waals surface area (Å²) in [5.74, 6) is -1.11. The van der Waals surface area contributed by atoms with Crippen molar-refractivity contribution in [3.05, 3.63) is 41.7 Å². The Bertz CT molecular complexity index is 587. The molecule has 0 saturated carbocycles. The molecule has 0 atom stereocenters. The number of anilines is 3. The van der Waals surface area contributed by atoms with Crippen molar-refractivity contribution in [2.24, 2.45) is 0 Å². The number of halogens is 2. The first-order valence-electron chi connectivity index (χ1n) is 5.93. The molecule has 6 heteroatoms. The van der Waals surface area contributed by atoms with Crippen molar-refractivity contribution in [3.8, 4) is 0 Å². The molecule has 3 N–H and O–H groups in total. The number of nitrogens with zero attached hydrogens (tertiary/aromatic N) is 2. The average molecular weight is 264 g/mol. The second-order valence-corrected chi connectivity index (χ2v) is 4.06. The second-order valence-electron chi connectivity index (χ2n) is 4.06. The summed E-state index contributed by atoms with van der Waals surface area (Å²) in [6.07, 6.45) is 2.79. The topological polar surface area (TPSA) is 63.8 Å². The molecule has 2 aromatic rings. The first-order valence-corrected chi connectivity index (χ1v) is 5.93. The molecule has 0 radical (unpaired) electrons. The maximum absolute atomic E-state index is 13.6. The maximum Gasteiger partial charge on any atom is 0.182 e. The number of rotatable bonds is 4. The van der Waals surface area contributed by atoms with Crippen LogP contribution in [0.25, 0.3) is 0 Å². The van der Waals surface area contributed by atoms with Crippen LogP contribution in [-0.2, 0) is 6.42 Å². The minimum Gasteiger partial charge on any atom is -0.383 e. The molecule has 1 aromatic carbocycles. The van der Waals surface area contributed by atoms with E-state index >= 15 is 0 Å². The number of nitrogens with two attached hydrogens (primary N) is 1. The van der Waals surface area contributed by atoms with Gasteiger partial charge in [0, 0.05) is 5.56 Å². The van der Waals surface area contributed by atoms with E-state index in [1.165, 1.54) is 18.5 Å². The molecule has 100 valence electrons. The van der Waals surface area contributed by atoms with Gasteiger partial charge in [0.15, 0.2) is 11.6 Å². The highest BCUT2D eigenvalue weighted by molar-refractivity contribution is 5.64. The van der Waals surface area contributed by atoms with Crippen LogP contribution in [0.3, 0.4) is 0 Å². The molecule has 2 rings (SSSR count). The molecule has 0 aliphatic heterocycles. The van der Waals surface area contributed by atoms with Crippen molar-refractivity contribution < 1.29 is 8.78 Å². The Balaban J connectivity index is 2.38. The quantitative estimate of drug-likeness (QED) is 0.891. The molecule has 0 aliphatic carbocycles. The number of hydrogen-bond acceptors (Lipinski definition) is 4. The van der Waals surface area contributed by atoms with E-state index in [0.29, 0.717) is 23.6 Å². The number of nitrogens with one attached hydrogen (secondary N) is 1. The largest absolute Gasteiger partial charge is 0.383 e. The number of hydrogen-bond donors (Lipinski definition) is 2. The van der Waals surface area contributed by atoms with Crippen molar-refractivity contribution in [1.82, 2.24) is 9.97 Å². The third-order valence-electron chi connectivity index (χ3n) is 2.68. The fourth-order valence-electron chi connectivity index (χ4n) is 1.76. The van der Waals surface area contributed by atoms with Gasteiger partial charge in [-0.3, -0.25) is 0 Å². The minimum atomic E-state index is -0.942. The Morgan fingerprint density at radius 1 is 1.26 bits per heavy atom. The van der Waals surface area contributed by atoms with Crippen LogP contribution in [0.2, 0.25) is 0 Å². The summed E-state index contributed by atoms with van der Waals surface area (Å²) in [7, 11) is 0. The summed E-state index contributed by atoms with van der Waals surface area (Å²) in [6.45, 7) is 1.99. The first-order chi connectivity index (χ1) is 9.13. The molecule has 0 aliphatic rings. The lowest BCUT2D eigenvalue weighted by atomic mass is 10.1. The van der Waals surface area contributed by atoms with Gasteiger partial charge in [0.05, 0.1) is 5.69 Å². The SMILES string of the molecule is CCCc1c(N)ncnc1Nc1cccc(F)c1F. The van der Waals surface area contributed by atoms with Gasteiger partial charge in [-0.05, 0) is 18.6 Å². The summed E-state index contributed by atoms with van der Waals surface area (Å²) in [6, 6.07) is 3.92. The summed E-state index contributed by atoms with van der Waals surface area (Å²) >= 11 is 0. The van der Waals surface area contributed by atoms with Crippen LogP contribution in [0, 0.1) is 11.6 Å². The Morgan fingerprint density at radius 2 is 2.05 bits per heavy atom. The van der Waals surface area contributed by atoms with Crippen LogP contribution < -0.4 is 11.1 Å². The summed E-state index contributed by atoms with van der Waals surface area (Å²) in [4.78, 5) is 7.93. The molecular formula is C13H14F2N4. The Labute approximate surface area is 109 Å². The molecule has 0 amide bonds. The lowest BCUT2D eigenvalue weighted by molar-refractivity contribution is 0.511. The zero-order chi connectivity index (χ0) is 13.8. The van der Waals surface area contributed by atoms with Crippen LogP contribution in [0.15, 0.2) is 24.5 Å². The standard InChI is InChI=1S/C13H14F2N4/c1-2-4-8-12(16)17-7-18-13(8)19-10-6-3-5-9(14)11(10)15/h3,5-7H,2,4H2,1H3,(H3,16,17,18,19). The smallest absolute Gasteiger partial charge is 0.182 e. The summed E-state index contributed by atoms with van der Waals surface area (Å²) in [5, 5.41) is 2.76. The second kappa shape index (κ2) is 5.60. The highest BCUT2D eigenvalue weighted by Crippen LogP contribution is 2.25. The third kappa shape index (κ3) is 2.78. The van der Waals surface area contributed by atoms with Gasteiger partial charge < -0.3 is 11.1 Å². The maximum atomic E-state index is 13.6. The van der Waals surface area contributed by atoms with Gasteiger partial charge >= 0.3 is 0 Å². The normalized spacial score (nSPS) is 10.5. The average Bonchev–Trinajstić information content (AvgIpc) is 2.39. The first kappa shape index (κ1) is 13.2. The van der Waals surface area contributed by atoms with E-state index < -0.39 is 11.6 Å². The number of nitrogen functional groups attached to an aromatic ring is 1. The molecule has 0 bridgehead atoms. The van der Waals surface area contributed by atoms with Gasteiger partial charge in [-0.2, -0.15) is 0 Å². The van der Waals surface area contributed by atoms with Crippen LogP contribution >= 0.6 is 0 Å². The van der Waals surface area contributed by atoms with E-state index in [2.05, 4.69) is 15.3 Å². The molecule has 0 unspecified atom stereocenters. The zero-order valence-corrected chi connectivity index (χ0v) is 10.5. The lowest BCUT2D eigenvalue weighted by Gasteiger charge is -2.12. The van der Waals surface area contributed by atoms with E-state index in [1.807, 2.05) is 6.92 Å². The highest BCUT2D eigenvalue weighted by Gasteiger charge is 2.12. The predicted octanol–water partition coefficient (Wildman–Crippen LogP) is 3.03. The number of aromatic nitrogens is 2. The minimum absolute atomic E-state index is 0.0236. The molecular weight excluding hydrogens is 250 g/mol. The van der Waals surface area contributed by atoms with Crippen molar-refractivity contribution >= 4 is 17.3 Å². The number of benzene rings is 1. The third-order valence-corrected chi connectivity index (χ3v) is 2.68. The van der Waals surface area contributed by atoms with E-state index in [0.717, 1.165) is 12.5 Å². The Morgan fingerprint density at radius 3 is 2.79 bits per heavy atom. The fraction of sp³-hybridized carbons (Fsp3) is 0.231. The lowest BCUT2D eigenvalue weighted by Crippen LogP contribution is -2.06. The van der Waals surface area contributed by atoms with Gasteiger partial charge in [-0.1, -0.05) is 19.4 Å². The van der Waals surface area contributed by atoms with Crippen LogP contribution in [0.5, 0.6) is 0 Å². The summed E-state index contributed by atoms with van der Waals surface area (Å²) < 4.78 is 26.7. The van der Waals surface area contributed by atoms with E-state index in [-0.39, 0.29) is 5.69 Å². The van der Waals surface area contributed by atoms with Crippen LogP contribution in [0.4, 0.5) is 26.1 Å². The van der Waals surface area contributed by atoms with Crippen LogP contribution in [-0.4, -0.2) is 9.97 Å². The van der Waals surface area contributed by atoms with Gasteiger partial charge in [-0.25, -0.2) is 18.7 Å². The Hall–Kier alpha value is -2.24. The molecule has 0 spiro atoms. The fourth-order valence-corrected chi connectivity index (χ4v) is 1.76. The van der Waals surface area contributed by atoms with Crippen molar-refractivity contribution in [2.75, 3.05) is 11.1 Å². The molecule has 0 saturated heterocycles. The van der Waals surface area contributed by atoms with E-state index in [1.54, 1.807) is 0 Å². The van der Waals surface area contributed by atoms with Crippen molar-refractivity contribution in [2.45, 2.75) is 19.8 Å². The van der Waals surface area contributed by atoms with Gasteiger partial charge in [-0.15, -0.1) is 0 Å². The predicted molar refractivity (Wildman–Crippen MR) is 70.1 cm³/mol. The molecule has 19 heavy (non-hydrogen) atoms. The highest BCUT2D eigenvalue weighted by atomic mass is 19.2. The Kier molecular flexibility index (Phi) is 3.89. The molecule has 1 aromatic heterocycles. The monoisotopic (exact) mass is 264 g/mol. The van der Waals surface area contributed by atoms with Crippen LogP contribution in [0.1, 0.15) is 18.9 Å². The van der Waals surface area contributed by atoms with Gasteiger partial charge in [0.2, 0.25) is 0 Å². The van der Waals surface area contributed by atoms with Crippen molar-refractivity contribution in [3.63, 3.8) is 0 Å². The molecule has 4 nitrogen and oxygen atoms in total. The zero-order valence-electron chi connectivity index (χ0n) is 10.5. The van der Waals surface area contributed by atoms with Gasteiger partial charge in [0.25, 0.3) is 0 Å². The summed E-state index contributed by atoms with van der Waals surface area (Å²) in [5.41, 5.74) is 6.50. The van der Waals surface area contributed by atoms with E-state index in [4.69, 9.17) is 5.73 Å². The van der Waals surface area contributed by atoms with Crippen molar-refractivity contribution in [1.29, 1.82) is 0 Å².